The average molecular weight is 412 g/mol. The van der Waals surface area contributed by atoms with E-state index >= 15 is 0 Å². The molecule has 1 aromatic rings. The number of piperidine rings is 1. The number of nitrogens with one attached hydrogen (secondary N) is 1. The number of nitrogens with zero attached hydrogens (tertiary/aromatic N) is 2. The van der Waals surface area contributed by atoms with Gasteiger partial charge in [-0.05, 0) is 70.8 Å². The Balaban J connectivity index is 1.46. The fourth-order valence-corrected chi connectivity index (χ4v) is 4.47. The Kier molecular flexibility index (Phi) is 7.31. The first-order chi connectivity index (χ1) is 13.3. The standard InChI is InChI=1S/C21H31ClFN3O2/c1-14-11-25(12-15(2)28-14)13-17-6-8-26(9-7-17)16(3)21(27)24-20-5-4-18(22)10-19(20)23/h4-5,10,14-17H,6-9,11-13H2,1-3H3,(H,24,27). The van der Waals surface area contributed by atoms with E-state index in [1.165, 1.54) is 12.1 Å². The summed E-state index contributed by atoms with van der Waals surface area (Å²) in [6, 6.07) is 3.99. The van der Waals surface area contributed by atoms with Crippen LogP contribution in [0.3, 0.4) is 0 Å². The molecule has 1 aromatic carbocycles. The predicted octanol–water partition coefficient (Wildman–Crippen LogP) is 3.63. The normalized spacial score (nSPS) is 26.2. The van der Waals surface area contributed by atoms with Crippen LogP contribution in [0.15, 0.2) is 18.2 Å². The molecule has 0 radical (unpaired) electrons. The number of likely N-dealkylation sites (tertiary alicyclic amines) is 1. The monoisotopic (exact) mass is 411 g/mol. The Morgan fingerprint density at radius 3 is 2.54 bits per heavy atom. The van der Waals surface area contributed by atoms with Crippen molar-refractivity contribution in [2.45, 2.75) is 51.9 Å². The van der Waals surface area contributed by atoms with Crippen molar-refractivity contribution < 1.29 is 13.9 Å². The molecule has 0 aromatic heterocycles. The van der Waals surface area contributed by atoms with Crippen molar-refractivity contribution in [2.24, 2.45) is 5.92 Å². The molecule has 1 N–H and O–H groups in total. The molecule has 5 nitrogen and oxygen atoms in total. The molecule has 0 saturated carbocycles. The number of benzene rings is 1. The largest absolute Gasteiger partial charge is 0.373 e. The molecule has 28 heavy (non-hydrogen) atoms. The van der Waals surface area contributed by atoms with Crippen LogP contribution in [0.1, 0.15) is 33.6 Å². The van der Waals surface area contributed by atoms with Gasteiger partial charge in [-0.1, -0.05) is 11.6 Å². The third kappa shape index (κ3) is 5.66. The van der Waals surface area contributed by atoms with Gasteiger partial charge in [-0.3, -0.25) is 14.6 Å². The molecule has 2 heterocycles. The van der Waals surface area contributed by atoms with E-state index in [9.17, 15) is 9.18 Å². The Morgan fingerprint density at radius 2 is 1.93 bits per heavy atom. The SMILES string of the molecule is CC1CN(CC2CCN(C(C)C(=O)Nc3ccc(Cl)cc3F)CC2)CC(C)O1. The minimum atomic E-state index is -0.513. The van der Waals surface area contributed by atoms with E-state index < -0.39 is 5.82 Å². The van der Waals surface area contributed by atoms with Gasteiger partial charge in [0.2, 0.25) is 5.91 Å². The van der Waals surface area contributed by atoms with Gasteiger partial charge >= 0.3 is 0 Å². The van der Waals surface area contributed by atoms with Gasteiger partial charge in [0.05, 0.1) is 23.9 Å². The lowest BCUT2D eigenvalue weighted by Gasteiger charge is -2.40. The van der Waals surface area contributed by atoms with Crippen molar-refractivity contribution in [3.05, 3.63) is 29.0 Å². The van der Waals surface area contributed by atoms with Gasteiger partial charge in [0.1, 0.15) is 5.82 Å². The molecule has 3 unspecified atom stereocenters. The highest BCUT2D eigenvalue weighted by atomic mass is 35.5. The number of anilines is 1. The molecule has 2 saturated heterocycles. The zero-order valence-corrected chi connectivity index (χ0v) is 17.7. The van der Waals surface area contributed by atoms with Crippen LogP contribution in [0.2, 0.25) is 5.02 Å². The predicted molar refractivity (Wildman–Crippen MR) is 110 cm³/mol. The summed E-state index contributed by atoms with van der Waals surface area (Å²) in [5.74, 6) is -0.0473. The Morgan fingerprint density at radius 1 is 1.29 bits per heavy atom. The number of hydrogen-bond donors (Lipinski definition) is 1. The number of hydrogen-bond acceptors (Lipinski definition) is 4. The van der Waals surface area contributed by atoms with Crippen LogP contribution in [-0.4, -0.2) is 66.7 Å². The van der Waals surface area contributed by atoms with E-state index in [0.717, 1.165) is 45.6 Å². The number of morpholine rings is 1. The van der Waals surface area contributed by atoms with E-state index in [4.69, 9.17) is 16.3 Å². The van der Waals surface area contributed by atoms with E-state index in [2.05, 4.69) is 29.0 Å². The molecule has 2 fully saturated rings. The second-order valence-corrected chi connectivity index (χ2v) is 8.68. The summed E-state index contributed by atoms with van der Waals surface area (Å²) < 4.78 is 19.7. The molecule has 0 aliphatic carbocycles. The Labute approximate surface area is 172 Å². The van der Waals surface area contributed by atoms with Gasteiger partial charge in [-0.2, -0.15) is 0 Å². The topological polar surface area (TPSA) is 44.8 Å². The number of carbonyl (C=O) groups is 1. The summed E-state index contributed by atoms with van der Waals surface area (Å²) in [6.45, 7) is 11.0. The van der Waals surface area contributed by atoms with E-state index in [0.29, 0.717) is 23.1 Å². The van der Waals surface area contributed by atoms with Gasteiger partial charge in [0.15, 0.2) is 0 Å². The summed E-state index contributed by atoms with van der Waals surface area (Å²) >= 11 is 5.77. The van der Waals surface area contributed by atoms with Gasteiger partial charge in [-0.25, -0.2) is 4.39 Å². The fraction of sp³-hybridized carbons (Fsp3) is 0.667. The third-order valence-corrected chi connectivity index (χ3v) is 6.01. The molecular formula is C21H31ClFN3O2. The number of rotatable bonds is 5. The highest BCUT2D eigenvalue weighted by Gasteiger charge is 2.29. The molecule has 2 aliphatic rings. The number of amides is 1. The van der Waals surface area contributed by atoms with Crippen molar-refractivity contribution >= 4 is 23.2 Å². The van der Waals surface area contributed by atoms with Crippen molar-refractivity contribution in [3.63, 3.8) is 0 Å². The van der Waals surface area contributed by atoms with E-state index in [1.807, 2.05) is 6.92 Å². The van der Waals surface area contributed by atoms with E-state index in [-0.39, 0.29) is 17.6 Å². The Hall–Kier alpha value is -1.21. The lowest BCUT2D eigenvalue weighted by molar-refractivity contribution is -0.121. The summed E-state index contributed by atoms with van der Waals surface area (Å²) in [4.78, 5) is 17.2. The van der Waals surface area contributed by atoms with Crippen LogP contribution in [0.25, 0.3) is 0 Å². The van der Waals surface area contributed by atoms with Crippen LogP contribution in [-0.2, 0) is 9.53 Å². The molecule has 0 bridgehead atoms. The Bertz CT molecular complexity index is 672. The first kappa shape index (κ1) is 21.5. The lowest BCUT2D eigenvalue weighted by atomic mass is 9.94. The highest BCUT2D eigenvalue weighted by Crippen LogP contribution is 2.23. The number of halogens is 2. The average Bonchev–Trinajstić information content (AvgIpc) is 2.63. The van der Waals surface area contributed by atoms with Crippen molar-refractivity contribution in [2.75, 3.05) is 38.0 Å². The molecule has 3 rings (SSSR count). The fourth-order valence-electron chi connectivity index (χ4n) is 4.32. The minimum Gasteiger partial charge on any atom is -0.373 e. The quantitative estimate of drug-likeness (QED) is 0.803. The molecule has 0 spiro atoms. The maximum atomic E-state index is 13.9. The second-order valence-electron chi connectivity index (χ2n) is 8.24. The van der Waals surface area contributed by atoms with Gasteiger partial charge in [0, 0.05) is 24.7 Å². The maximum Gasteiger partial charge on any atom is 0.241 e. The molecule has 1 amide bonds. The molecule has 3 atom stereocenters. The van der Waals surface area contributed by atoms with Crippen LogP contribution in [0.5, 0.6) is 0 Å². The van der Waals surface area contributed by atoms with Gasteiger partial charge in [0.25, 0.3) is 0 Å². The first-order valence-electron chi connectivity index (χ1n) is 10.2. The molecule has 156 valence electrons. The van der Waals surface area contributed by atoms with Crippen molar-refractivity contribution in [3.8, 4) is 0 Å². The van der Waals surface area contributed by atoms with Crippen molar-refractivity contribution in [1.82, 2.24) is 9.80 Å². The van der Waals surface area contributed by atoms with Crippen LogP contribution >= 0.6 is 11.6 Å². The zero-order valence-electron chi connectivity index (χ0n) is 17.0. The van der Waals surface area contributed by atoms with Crippen molar-refractivity contribution in [1.29, 1.82) is 0 Å². The second kappa shape index (κ2) is 9.53. The summed E-state index contributed by atoms with van der Waals surface area (Å²) in [7, 11) is 0. The first-order valence-corrected chi connectivity index (χ1v) is 10.6. The maximum absolute atomic E-state index is 13.9. The lowest BCUT2D eigenvalue weighted by Crippen LogP contribution is -2.50. The molecule has 2 aliphatic heterocycles. The summed E-state index contributed by atoms with van der Waals surface area (Å²) in [6.07, 6.45) is 2.74. The van der Waals surface area contributed by atoms with E-state index in [1.54, 1.807) is 6.07 Å². The third-order valence-electron chi connectivity index (χ3n) is 5.78. The van der Waals surface area contributed by atoms with Gasteiger partial charge in [-0.15, -0.1) is 0 Å². The highest BCUT2D eigenvalue weighted by molar-refractivity contribution is 6.30. The summed E-state index contributed by atoms with van der Waals surface area (Å²) in [5, 5.41) is 3.00. The van der Waals surface area contributed by atoms with Crippen LogP contribution in [0, 0.1) is 11.7 Å². The van der Waals surface area contributed by atoms with Crippen LogP contribution in [0.4, 0.5) is 10.1 Å². The zero-order chi connectivity index (χ0) is 20.3. The molecule has 7 heteroatoms. The minimum absolute atomic E-state index is 0.173. The summed E-state index contributed by atoms with van der Waals surface area (Å²) in [5.41, 5.74) is 0.173. The molecular weight excluding hydrogens is 381 g/mol. The van der Waals surface area contributed by atoms with Gasteiger partial charge < -0.3 is 10.1 Å². The number of carbonyl (C=O) groups excluding carboxylic acids is 1. The number of ether oxygens (including phenoxy) is 1. The van der Waals surface area contributed by atoms with Crippen LogP contribution < -0.4 is 5.32 Å². The smallest absolute Gasteiger partial charge is 0.241 e.